The van der Waals surface area contributed by atoms with E-state index in [4.69, 9.17) is 4.98 Å². The molecule has 0 atom stereocenters. The normalized spacial score (nSPS) is 11.5. The Morgan fingerprint density at radius 2 is 0.968 bits per heavy atom. The minimum Gasteiger partial charge on any atom is -0.310 e. The van der Waals surface area contributed by atoms with Gasteiger partial charge in [0.05, 0.1) is 15.9 Å². The average molecular weight is 839 g/mol. The molecule has 0 saturated heterocycles. The summed E-state index contributed by atoms with van der Waals surface area (Å²) >= 11 is 3.64. The van der Waals surface area contributed by atoms with E-state index in [-0.39, 0.29) is 0 Å². The van der Waals surface area contributed by atoms with Crippen LogP contribution in [0.15, 0.2) is 231 Å². The standard InChI is InChI=1S/C59H38N2S2/c1-4-16-39(17-5-1)40-30-33-46(34-31-40)61(47-25-14-24-44(36-47)49-28-15-23-41-20-10-11-26-48(41)49)53-35-32-45(37-51(53)42-18-6-2-7-19-42)56-57-55(63-59(60-57)43-21-8-3-9-22-43)38-52-50-27-12-13-29-54(50)62-58(52)56/h1-38H. The van der Waals surface area contributed by atoms with Gasteiger partial charge >= 0.3 is 0 Å². The molecule has 0 aliphatic heterocycles. The number of thiazole rings is 1. The Balaban J connectivity index is 1.10. The predicted octanol–water partition coefficient (Wildman–Crippen LogP) is 17.6. The van der Waals surface area contributed by atoms with Crippen LogP contribution >= 0.6 is 22.7 Å². The van der Waals surface area contributed by atoms with Crippen LogP contribution in [0.25, 0.3) is 96.2 Å². The maximum absolute atomic E-state index is 5.44. The summed E-state index contributed by atoms with van der Waals surface area (Å²) in [6.07, 6.45) is 0. The van der Waals surface area contributed by atoms with E-state index in [9.17, 15) is 0 Å². The van der Waals surface area contributed by atoms with Crippen molar-refractivity contribution < 1.29 is 0 Å². The Morgan fingerprint density at radius 3 is 1.76 bits per heavy atom. The fourth-order valence-corrected chi connectivity index (χ4v) is 11.4. The molecule has 10 aromatic carbocycles. The molecule has 2 heterocycles. The molecule has 0 fully saturated rings. The Bertz CT molecular complexity index is 3600. The van der Waals surface area contributed by atoms with Gasteiger partial charge in [-0.1, -0.05) is 182 Å². The molecule has 296 valence electrons. The van der Waals surface area contributed by atoms with E-state index < -0.39 is 0 Å². The van der Waals surface area contributed by atoms with E-state index >= 15 is 0 Å². The van der Waals surface area contributed by atoms with E-state index in [0.717, 1.165) is 49.8 Å². The lowest BCUT2D eigenvalue weighted by molar-refractivity contribution is 1.28. The second-order valence-electron chi connectivity index (χ2n) is 15.9. The first-order valence-electron chi connectivity index (χ1n) is 21.3. The van der Waals surface area contributed by atoms with Crippen LogP contribution in [0, 0.1) is 0 Å². The molecule has 4 heteroatoms. The molecular formula is C59H38N2S2. The number of rotatable bonds is 8. The van der Waals surface area contributed by atoms with Gasteiger partial charge in [0.1, 0.15) is 5.01 Å². The third-order valence-electron chi connectivity index (χ3n) is 12.1. The lowest BCUT2D eigenvalue weighted by atomic mass is 9.94. The van der Waals surface area contributed by atoms with Gasteiger partial charge in [-0.3, -0.25) is 0 Å². The van der Waals surface area contributed by atoms with E-state index in [2.05, 4.69) is 235 Å². The van der Waals surface area contributed by atoms with Crippen molar-refractivity contribution >= 4 is 80.9 Å². The molecule has 0 unspecified atom stereocenters. The smallest absolute Gasteiger partial charge is 0.124 e. The zero-order chi connectivity index (χ0) is 41.7. The van der Waals surface area contributed by atoms with E-state index in [1.165, 1.54) is 63.5 Å². The van der Waals surface area contributed by atoms with E-state index in [1.807, 2.05) is 11.3 Å². The van der Waals surface area contributed by atoms with E-state index in [1.54, 1.807) is 11.3 Å². The summed E-state index contributed by atoms with van der Waals surface area (Å²) in [5, 5.41) is 6.06. The molecule has 0 radical (unpaired) electrons. The number of anilines is 3. The quantitative estimate of drug-likeness (QED) is 0.152. The van der Waals surface area contributed by atoms with Crippen LogP contribution in [0.1, 0.15) is 0 Å². The van der Waals surface area contributed by atoms with Crippen molar-refractivity contribution in [3.05, 3.63) is 231 Å². The molecular weight excluding hydrogens is 801 g/mol. The van der Waals surface area contributed by atoms with Crippen LogP contribution in [-0.2, 0) is 0 Å². The summed E-state index contributed by atoms with van der Waals surface area (Å²) in [7, 11) is 0. The summed E-state index contributed by atoms with van der Waals surface area (Å²) < 4.78 is 3.73. The highest BCUT2D eigenvalue weighted by atomic mass is 32.1. The summed E-state index contributed by atoms with van der Waals surface area (Å²) in [6, 6.07) is 83.5. The Labute approximate surface area is 374 Å². The van der Waals surface area contributed by atoms with Gasteiger partial charge in [0.15, 0.2) is 0 Å². The van der Waals surface area contributed by atoms with Crippen molar-refractivity contribution in [2.75, 3.05) is 4.90 Å². The first-order valence-corrected chi connectivity index (χ1v) is 22.9. The van der Waals surface area contributed by atoms with Gasteiger partial charge < -0.3 is 4.90 Å². The number of hydrogen-bond acceptors (Lipinski definition) is 4. The summed E-state index contributed by atoms with van der Waals surface area (Å²) in [6.45, 7) is 0. The Morgan fingerprint density at radius 1 is 0.349 bits per heavy atom. The van der Waals surface area contributed by atoms with Crippen LogP contribution < -0.4 is 4.90 Å². The number of aromatic nitrogens is 1. The van der Waals surface area contributed by atoms with E-state index in [0.29, 0.717) is 0 Å². The topological polar surface area (TPSA) is 16.1 Å². The summed E-state index contributed by atoms with van der Waals surface area (Å²) in [5.41, 5.74) is 14.8. The molecule has 0 bridgehead atoms. The highest BCUT2D eigenvalue weighted by Crippen LogP contribution is 2.49. The molecule has 12 rings (SSSR count). The first kappa shape index (κ1) is 37.2. The second kappa shape index (κ2) is 15.7. The highest BCUT2D eigenvalue weighted by Gasteiger charge is 2.23. The summed E-state index contributed by atoms with van der Waals surface area (Å²) in [5.74, 6) is 0. The van der Waals surface area contributed by atoms with Crippen LogP contribution in [0.2, 0.25) is 0 Å². The van der Waals surface area contributed by atoms with Crippen molar-refractivity contribution in [2.45, 2.75) is 0 Å². The van der Waals surface area contributed by atoms with Crippen LogP contribution in [-0.4, -0.2) is 4.98 Å². The lowest BCUT2D eigenvalue weighted by Crippen LogP contribution is -2.11. The van der Waals surface area contributed by atoms with Gasteiger partial charge in [0.2, 0.25) is 0 Å². The summed E-state index contributed by atoms with van der Waals surface area (Å²) in [4.78, 5) is 7.87. The molecule has 0 N–H and O–H groups in total. The van der Waals surface area contributed by atoms with Crippen molar-refractivity contribution in [1.82, 2.24) is 4.98 Å². The van der Waals surface area contributed by atoms with Crippen molar-refractivity contribution in [3.63, 3.8) is 0 Å². The first-order chi connectivity index (χ1) is 31.2. The second-order valence-corrected chi connectivity index (χ2v) is 18.0. The number of fused-ring (bicyclic) bond motifs is 5. The third-order valence-corrected chi connectivity index (χ3v) is 14.4. The molecule has 0 aliphatic rings. The fraction of sp³-hybridized carbons (Fsp3) is 0. The van der Waals surface area contributed by atoms with Gasteiger partial charge in [0, 0.05) is 48.2 Å². The highest BCUT2D eigenvalue weighted by molar-refractivity contribution is 7.27. The number of nitrogens with zero attached hydrogens (tertiary/aromatic N) is 2. The molecule has 2 nitrogen and oxygen atoms in total. The molecule has 63 heavy (non-hydrogen) atoms. The van der Waals surface area contributed by atoms with Crippen molar-refractivity contribution in [2.24, 2.45) is 0 Å². The lowest BCUT2D eigenvalue weighted by Gasteiger charge is -2.29. The van der Waals surface area contributed by atoms with Gasteiger partial charge in [-0.15, -0.1) is 22.7 Å². The molecule has 0 spiro atoms. The van der Waals surface area contributed by atoms with Crippen molar-refractivity contribution in [3.8, 4) is 55.1 Å². The van der Waals surface area contributed by atoms with Gasteiger partial charge in [0.25, 0.3) is 0 Å². The van der Waals surface area contributed by atoms with Crippen molar-refractivity contribution in [1.29, 1.82) is 0 Å². The number of thiophene rings is 1. The Kier molecular flexibility index (Phi) is 9.25. The average Bonchev–Trinajstić information content (AvgIpc) is 3.96. The monoisotopic (exact) mass is 838 g/mol. The van der Waals surface area contributed by atoms with Gasteiger partial charge in [-0.05, 0) is 92.7 Å². The molecule has 0 amide bonds. The maximum atomic E-state index is 5.44. The SMILES string of the molecule is c1ccc(-c2ccc(N(c3cccc(-c4cccc5ccccc45)c3)c3ccc(-c4c5nc(-c6ccccc6)sc5cc5c4sc4ccccc45)cc3-c3ccccc3)cc2)cc1. The third kappa shape index (κ3) is 6.68. The maximum Gasteiger partial charge on any atom is 0.124 e. The van der Waals surface area contributed by atoms with Crippen LogP contribution in [0.3, 0.4) is 0 Å². The van der Waals surface area contributed by atoms with Gasteiger partial charge in [-0.2, -0.15) is 0 Å². The minimum atomic E-state index is 1.03. The number of hydrogen-bond donors (Lipinski definition) is 0. The van der Waals surface area contributed by atoms with Gasteiger partial charge in [-0.25, -0.2) is 4.98 Å². The fourth-order valence-electron chi connectivity index (χ4n) is 9.10. The molecule has 2 aromatic heterocycles. The minimum absolute atomic E-state index is 1.03. The molecule has 0 aliphatic carbocycles. The van der Waals surface area contributed by atoms with Crippen LogP contribution in [0.5, 0.6) is 0 Å². The largest absolute Gasteiger partial charge is 0.310 e. The number of benzene rings is 10. The molecule has 0 saturated carbocycles. The Hall–Kier alpha value is -7.63. The predicted molar refractivity (Wildman–Crippen MR) is 272 cm³/mol. The molecule has 12 aromatic rings. The van der Waals surface area contributed by atoms with Crippen LogP contribution in [0.4, 0.5) is 17.1 Å². The zero-order valence-corrected chi connectivity index (χ0v) is 35.8. The zero-order valence-electron chi connectivity index (χ0n) is 34.2.